The van der Waals surface area contributed by atoms with Crippen LogP contribution in [-0.2, 0) is 16.0 Å². The van der Waals surface area contributed by atoms with E-state index in [0.717, 1.165) is 31.5 Å². The van der Waals surface area contributed by atoms with Gasteiger partial charge >= 0.3 is 0 Å². The van der Waals surface area contributed by atoms with Gasteiger partial charge in [-0.15, -0.1) is 0 Å². The van der Waals surface area contributed by atoms with Crippen LogP contribution in [0.5, 0.6) is 0 Å². The van der Waals surface area contributed by atoms with Gasteiger partial charge in [-0.3, -0.25) is 9.59 Å². The Morgan fingerprint density at radius 1 is 1.29 bits per heavy atom. The van der Waals surface area contributed by atoms with Crippen molar-refractivity contribution in [3.05, 3.63) is 34.4 Å². The zero-order valence-corrected chi connectivity index (χ0v) is 14.2. The highest BCUT2D eigenvalue weighted by molar-refractivity contribution is 6.30. The van der Waals surface area contributed by atoms with E-state index in [4.69, 9.17) is 11.6 Å². The number of likely N-dealkylation sites (tertiary alicyclic amines) is 2. The molecule has 0 radical (unpaired) electrons. The number of hydrogen-bond donors (Lipinski definition) is 0. The van der Waals surface area contributed by atoms with E-state index >= 15 is 0 Å². The average molecular weight is 357 g/mol. The Bertz CT molecular complexity index is 697. The number of carbonyl (C=O) groups excluding carboxylic acids is 2. The molecule has 0 unspecified atom stereocenters. The zero-order chi connectivity index (χ0) is 17.5. The van der Waals surface area contributed by atoms with Crippen molar-refractivity contribution >= 4 is 23.4 Å². The molecule has 24 heavy (non-hydrogen) atoms. The number of halogens is 3. The van der Waals surface area contributed by atoms with E-state index < -0.39 is 23.5 Å². The lowest BCUT2D eigenvalue weighted by Crippen LogP contribution is -2.48. The highest BCUT2D eigenvalue weighted by Crippen LogP contribution is 2.39. The smallest absolute Gasteiger partial charge is 0.230 e. The highest BCUT2D eigenvalue weighted by atomic mass is 35.5. The highest BCUT2D eigenvalue weighted by Gasteiger charge is 2.48. The molecule has 0 aliphatic carbocycles. The Morgan fingerprint density at radius 2 is 2.04 bits per heavy atom. The van der Waals surface area contributed by atoms with E-state index in [9.17, 15) is 18.4 Å². The van der Waals surface area contributed by atoms with Gasteiger partial charge in [0.25, 0.3) is 0 Å². The van der Waals surface area contributed by atoms with Crippen LogP contribution in [0.4, 0.5) is 8.78 Å². The Morgan fingerprint density at radius 3 is 2.79 bits per heavy atom. The molecule has 2 heterocycles. The van der Waals surface area contributed by atoms with Crippen molar-refractivity contribution in [1.82, 2.24) is 9.80 Å². The lowest BCUT2D eigenvalue weighted by atomic mass is 9.78. The van der Waals surface area contributed by atoms with E-state index in [-0.39, 0.29) is 22.4 Å². The minimum Gasteiger partial charge on any atom is -0.345 e. The molecule has 0 N–H and O–H groups in total. The number of amides is 2. The minimum atomic E-state index is -0.896. The maximum Gasteiger partial charge on any atom is 0.230 e. The molecule has 1 aromatic rings. The summed E-state index contributed by atoms with van der Waals surface area (Å²) >= 11 is 5.66. The van der Waals surface area contributed by atoms with E-state index in [1.54, 1.807) is 11.9 Å². The third kappa shape index (κ3) is 2.88. The van der Waals surface area contributed by atoms with Gasteiger partial charge in [0.1, 0.15) is 11.6 Å². The maximum atomic E-state index is 14.0. The summed E-state index contributed by atoms with van der Waals surface area (Å²) in [7, 11) is 1.77. The summed E-state index contributed by atoms with van der Waals surface area (Å²) in [5.41, 5.74) is -0.853. The van der Waals surface area contributed by atoms with Crippen molar-refractivity contribution in [1.29, 1.82) is 0 Å². The van der Waals surface area contributed by atoms with Crippen molar-refractivity contribution in [3.8, 4) is 0 Å². The third-order valence-electron chi connectivity index (χ3n) is 5.12. The third-order valence-corrected chi connectivity index (χ3v) is 5.41. The van der Waals surface area contributed by atoms with Gasteiger partial charge in [-0.2, -0.15) is 0 Å². The lowest BCUT2D eigenvalue weighted by Gasteiger charge is -2.37. The van der Waals surface area contributed by atoms with Crippen LogP contribution in [0.1, 0.15) is 24.8 Å². The first-order valence-electron chi connectivity index (χ1n) is 8.00. The zero-order valence-electron chi connectivity index (χ0n) is 13.4. The van der Waals surface area contributed by atoms with E-state index in [1.165, 1.54) is 4.90 Å². The Labute approximate surface area is 144 Å². The number of nitrogens with zero attached hydrogens (tertiary/aromatic N) is 2. The number of benzene rings is 1. The largest absolute Gasteiger partial charge is 0.345 e. The average Bonchev–Trinajstić information content (AvgIpc) is 2.98. The van der Waals surface area contributed by atoms with Gasteiger partial charge in [0.05, 0.1) is 16.9 Å². The van der Waals surface area contributed by atoms with Crippen LogP contribution in [0, 0.1) is 17.0 Å². The second-order valence-electron chi connectivity index (χ2n) is 6.67. The van der Waals surface area contributed by atoms with Crippen molar-refractivity contribution in [2.45, 2.75) is 25.7 Å². The van der Waals surface area contributed by atoms with Crippen LogP contribution in [0.15, 0.2) is 12.1 Å². The monoisotopic (exact) mass is 356 g/mol. The van der Waals surface area contributed by atoms with E-state index in [2.05, 4.69) is 0 Å². The summed E-state index contributed by atoms with van der Waals surface area (Å²) in [5, 5.41) is -0.207. The molecule has 0 aromatic heterocycles. The van der Waals surface area contributed by atoms with Crippen LogP contribution in [0.3, 0.4) is 0 Å². The minimum absolute atomic E-state index is 0.0594. The molecule has 2 fully saturated rings. The van der Waals surface area contributed by atoms with E-state index in [1.807, 2.05) is 0 Å². The fourth-order valence-corrected chi connectivity index (χ4v) is 3.90. The normalized spacial score (nSPS) is 24.1. The Hall–Kier alpha value is -1.69. The molecule has 1 atom stereocenters. The van der Waals surface area contributed by atoms with Crippen LogP contribution in [0.25, 0.3) is 0 Å². The summed E-state index contributed by atoms with van der Waals surface area (Å²) in [5.74, 6) is -2.00. The van der Waals surface area contributed by atoms with Crippen LogP contribution < -0.4 is 0 Å². The second kappa shape index (κ2) is 6.31. The predicted molar refractivity (Wildman–Crippen MR) is 85.6 cm³/mol. The molecule has 0 bridgehead atoms. The van der Waals surface area contributed by atoms with Gasteiger partial charge in [0.15, 0.2) is 0 Å². The summed E-state index contributed by atoms with van der Waals surface area (Å²) in [6, 6.07) is 2.18. The maximum absolute atomic E-state index is 14.0. The first-order valence-corrected chi connectivity index (χ1v) is 8.37. The summed E-state index contributed by atoms with van der Waals surface area (Å²) in [6.45, 7) is 1.48. The Balaban J connectivity index is 1.74. The number of carbonyl (C=O) groups is 2. The topological polar surface area (TPSA) is 40.6 Å². The molecule has 2 amide bonds. The number of rotatable bonds is 2. The van der Waals surface area contributed by atoms with Gasteiger partial charge in [-0.05, 0) is 31.4 Å². The molecule has 4 nitrogen and oxygen atoms in total. The molecule has 0 saturated carbocycles. The SMILES string of the molecule is CN1CCC[C@@]2(CCN(C(=O)Cc3c(F)ccc(Cl)c3F)C2)C1=O. The summed E-state index contributed by atoms with van der Waals surface area (Å²) in [6.07, 6.45) is 1.86. The molecule has 3 rings (SSSR count). The van der Waals surface area contributed by atoms with Crippen LogP contribution >= 0.6 is 11.6 Å². The molecular weight excluding hydrogens is 338 g/mol. The van der Waals surface area contributed by atoms with Crippen molar-refractivity contribution in [2.24, 2.45) is 5.41 Å². The summed E-state index contributed by atoms with van der Waals surface area (Å²) in [4.78, 5) is 28.2. The van der Waals surface area contributed by atoms with Crippen molar-refractivity contribution in [3.63, 3.8) is 0 Å². The van der Waals surface area contributed by atoms with Gasteiger partial charge < -0.3 is 9.80 Å². The van der Waals surface area contributed by atoms with Crippen molar-refractivity contribution < 1.29 is 18.4 Å². The second-order valence-corrected chi connectivity index (χ2v) is 7.08. The molecule has 2 aliphatic rings. The van der Waals surface area contributed by atoms with Gasteiger partial charge in [-0.25, -0.2) is 8.78 Å². The van der Waals surface area contributed by atoms with Crippen LogP contribution in [-0.4, -0.2) is 48.3 Å². The Kier molecular flexibility index (Phi) is 4.51. The lowest BCUT2D eigenvalue weighted by molar-refractivity contribution is -0.144. The van der Waals surface area contributed by atoms with Crippen LogP contribution in [0.2, 0.25) is 5.02 Å². The van der Waals surface area contributed by atoms with Gasteiger partial charge in [0.2, 0.25) is 11.8 Å². The van der Waals surface area contributed by atoms with Gasteiger partial charge in [-0.1, -0.05) is 11.6 Å². The van der Waals surface area contributed by atoms with E-state index in [0.29, 0.717) is 19.5 Å². The molecule has 130 valence electrons. The number of piperidine rings is 1. The molecule has 1 aromatic carbocycles. The fraction of sp³-hybridized carbons (Fsp3) is 0.529. The van der Waals surface area contributed by atoms with Crippen molar-refractivity contribution in [2.75, 3.05) is 26.7 Å². The fourth-order valence-electron chi connectivity index (χ4n) is 3.73. The standard InChI is InChI=1S/C17H19ClF2N2O2/c1-21-7-2-5-17(16(21)24)6-8-22(10-17)14(23)9-11-13(19)4-3-12(18)15(11)20/h3-4H,2,5-10H2,1H3/t17-/m0/s1. The first kappa shape index (κ1) is 17.1. The number of hydrogen-bond acceptors (Lipinski definition) is 2. The molecular formula is C17H19ClF2N2O2. The summed E-state index contributed by atoms with van der Waals surface area (Å²) < 4.78 is 27.8. The molecule has 7 heteroatoms. The molecule has 2 saturated heterocycles. The predicted octanol–water partition coefficient (Wildman–Crippen LogP) is 2.63. The molecule has 1 spiro atoms. The molecule has 2 aliphatic heterocycles. The van der Waals surface area contributed by atoms with Gasteiger partial charge in [0, 0.05) is 32.2 Å². The first-order chi connectivity index (χ1) is 11.3. The quantitative estimate of drug-likeness (QED) is 0.764.